The van der Waals surface area contributed by atoms with Gasteiger partial charge in [0, 0.05) is 17.8 Å². The van der Waals surface area contributed by atoms with Crippen LogP contribution in [0.15, 0.2) is 72.3 Å². The number of hydrogen-bond acceptors (Lipinski definition) is 7. The smallest absolute Gasteiger partial charge is 0.507 e. The molecule has 1 fully saturated rings. The maximum absolute atomic E-state index is 13.3. The zero-order chi connectivity index (χ0) is 27.6. The van der Waals surface area contributed by atoms with E-state index in [0.717, 1.165) is 17.0 Å². The van der Waals surface area contributed by atoms with Crippen molar-refractivity contribution in [3.8, 4) is 23.0 Å². The van der Waals surface area contributed by atoms with Gasteiger partial charge in [-0.1, -0.05) is 18.2 Å². The highest BCUT2D eigenvalue weighted by molar-refractivity contribution is 6.51. The van der Waals surface area contributed by atoms with Crippen molar-refractivity contribution in [2.75, 3.05) is 26.2 Å². The molecule has 198 valence electrons. The van der Waals surface area contributed by atoms with Gasteiger partial charge in [-0.2, -0.15) is 0 Å². The molecule has 38 heavy (non-hydrogen) atoms. The van der Waals surface area contributed by atoms with Gasteiger partial charge in [0.15, 0.2) is 0 Å². The van der Waals surface area contributed by atoms with Gasteiger partial charge in [0.25, 0.3) is 11.7 Å². The number of hydrogen-bond donors (Lipinski definition) is 1. The molecule has 0 aromatic heterocycles. The molecule has 1 saturated heterocycles. The van der Waals surface area contributed by atoms with Gasteiger partial charge in [-0.3, -0.25) is 14.5 Å². The number of amides is 1. The van der Waals surface area contributed by atoms with Crippen molar-refractivity contribution in [2.45, 2.75) is 12.4 Å². The van der Waals surface area contributed by atoms with E-state index in [1.165, 1.54) is 51.7 Å². The zero-order valence-electron chi connectivity index (χ0n) is 20.4. The number of benzene rings is 3. The number of carbonyl (C=O) groups is 2. The predicted molar refractivity (Wildman–Crippen MR) is 130 cm³/mol. The van der Waals surface area contributed by atoms with E-state index >= 15 is 0 Å². The molecule has 4 rings (SSSR count). The molecule has 1 unspecified atom stereocenters. The number of anilines is 1. The molecule has 1 atom stereocenters. The summed E-state index contributed by atoms with van der Waals surface area (Å²) < 4.78 is 58.3. The number of carbonyl (C=O) groups excluding carboxylic acids is 2. The molecule has 0 radical (unpaired) electrons. The van der Waals surface area contributed by atoms with Crippen molar-refractivity contribution in [1.82, 2.24) is 0 Å². The normalized spacial score (nSPS) is 16.9. The molecular weight excluding hydrogens is 507 g/mol. The van der Waals surface area contributed by atoms with Crippen molar-refractivity contribution in [1.29, 1.82) is 0 Å². The van der Waals surface area contributed by atoms with Crippen LogP contribution in [-0.2, 0) is 9.59 Å². The van der Waals surface area contributed by atoms with Crippen LogP contribution in [0.4, 0.5) is 18.9 Å². The van der Waals surface area contributed by atoms with Gasteiger partial charge in [0.2, 0.25) is 0 Å². The van der Waals surface area contributed by atoms with Gasteiger partial charge >= 0.3 is 6.36 Å². The quantitative estimate of drug-likeness (QED) is 0.254. The second-order valence-electron chi connectivity index (χ2n) is 8.05. The first-order chi connectivity index (χ1) is 18.1. The van der Waals surface area contributed by atoms with Crippen molar-refractivity contribution >= 4 is 23.1 Å². The van der Waals surface area contributed by atoms with E-state index in [4.69, 9.17) is 14.2 Å². The molecule has 8 nitrogen and oxygen atoms in total. The van der Waals surface area contributed by atoms with Gasteiger partial charge in [-0.05, 0) is 42.0 Å². The number of halogens is 3. The molecule has 1 heterocycles. The summed E-state index contributed by atoms with van der Waals surface area (Å²) in [6.07, 6.45) is -4.97. The van der Waals surface area contributed by atoms with E-state index in [-0.39, 0.29) is 22.6 Å². The number of aliphatic hydroxyl groups is 1. The summed E-state index contributed by atoms with van der Waals surface area (Å²) in [5.41, 5.74) is 0.168. The average molecular weight is 529 g/mol. The van der Waals surface area contributed by atoms with Gasteiger partial charge in [-0.25, -0.2) is 0 Å². The fraction of sp³-hybridized carbons (Fsp3) is 0.185. The number of ether oxygens (including phenoxy) is 4. The number of nitrogens with zero attached hydrogens (tertiary/aromatic N) is 1. The molecule has 1 N–H and O–H groups in total. The lowest BCUT2D eigenvalue weighted by molar-refractivity contribution is -0.274. The van der Waals surface area contributed by atoms with Crippen LogP contribution >= 0.6 is 0 Å². The molecule has 0 spiro atoms. The van der Waals surface area contributed by atoms with Crippen molar-refractivity contribution in [3.05, 3.63) is 83.4 Å². The molecule has 0 bridgehead atoms. The Morgan fingerprint density at radius 3 is 2.11 bits per heavy atom. The van der Waals surface area contributed by atoms with Crippen LogP contribution in [-0.4, -0.2) is 44.5 Å². The second kappa shape index (κ2) is 10.4. The average Bonchev–Trinajstić information content (AvgIpc) is 3.17. The third-order valence-electron chi connectivity index (χ3n) is 5.87. The molecule has 0 aliphatic carbocycles. The van der Waals surface area contributed by atoms with Crippen LogP contribution in [0.2, 0.25) is 0 Å². The van der Waals surface area contributed by atoms with E-state index in [0.29, 0.717) is 17.1 Å². The van der Waals surface area contributed by atoms with E-state index in [2.05, 4.69) is 4.74 Å². The van der Waals surface area contributed by atoms with Crippen LogP contribution < -0.4 is 23.8 Å². The number of alkyl halides is 3. The number of methoxy groups -OCH3 is 3. The minimum atomic E-state index is -4.97. The Hall–Kier alpha value is -4.67. The molecule has 3 aromatic carbocycles. The Morgan fingerprint density at radius 1 is 0.842 bits per heavy atom. The summed E-state index contributed by atoms with van der Waals surface area (Å²) >= 11 is 0. The Labute approximate surface area is 215 Å². The van der Waals surface area contributed by atoms with Crippen LogP contribution in [0.1, 0.15) is 17.2 Å². The lowest BCUT2D eigenvalue weighted by Gasteiger charge is -2.26. The number of Topliss-reactive ketones (excluding diaryl/α,β-unsaturated/α-hetero) is 1. The predicted octanol–water partition coefficient (Wildman–Crippen LogP) is 5.24. The Balaban J connectivity index is 1.93. The topological polar surface area (TPSA) is 94.5 Å². The lowest BCUT2D eigenvalue weighted by Crippen LogP contribution is -2.29. The first-order valence-corrected chi connectivity index (χ1v) is 11.1. The molecule has 11 heteroatoms. The van der Waals surface area contributed by atoms with Gasteiger partial charge in [0.1, 0.15) is 28.8 Å². The highest BCUT2D eigenvalue weighted by Gasteiger charge is 2.47. The molecule has 1 aliphatic rings. The molecule has 1 amide bonds. The fourth-order valence-corrected chi connectivity index (χ4v) is 4.17. The Morgan fingerprint density at radius 2 is 1.50 bits per heavy atom. The third-order valence-corrected chi connectivity index (χ3v) is 5.87. The maximum atomic E-state index is 13.3. The van der Waals surface area contributed by atoms with Crippen LogP contribution in [0, 0.1) is 0 Å². The summed E-state index contributed by atoms with van der Waals surface area (Å²) in [6.45, 7) is 0. The summed E-state index contributed by atoms with van der Waals surface area (Å²) in [6, 6.07) is 14.3. The minimum Gasteiger partial charge on any atom is -0.507 e. The van der Waals surface area contributed by atoms with Gasteiger partial charge in [0.05, 0.1) is 38.5 Å². The van der Waals surface area contributed by atoms with E-state index < -0.39 is 35.6 Å². The zero-order valence-corrected chi connectivity index (χ0v) is 20.4. The largest absolute Gasteiger partial charge is 0.573 e. The molecular formula is C27H22F3NO7. The number of rotatable bonds is 7. The monoisotopic (exact) mass is 529 g/mol. The van der Waals surface area contributed by atoms with Crippen LogP contribution in [0.5, 0.6) is 23.0 Å². The van der Waals surface area contributed by atoms with E-state index in [1.807, 2.05) is 0 Å². The first kappa shape index (κ1) is 26.4. The highest BCUT2D eigenvalue weighted by Crippen LogP contribution is 2.44. The van der Waals surface area contributed by atoms with E-state index in [1.54, 1.807) is 24.3 Å². The van der Waals surface area contributed by atoms with Crippen LogP contribution in [0.25, 0.3) is 5.76 Å². The number of ketones is 1. The first-order valence-electron chi connectivity index (χ1n) is 11.1. The summed E-state index contributed by atoms with van der Waals surface area (Å²) in [5.74, 6) is -2.12. The van der Waals surface area contributed by atoms with E-state index in [9.17, 15) is 27.9 Å². The van der Waals surface area contributed by atoms with Crippen LogP contribution in [0.3, 0.4) is 0 Å². The summed E-state index contributed by atoms with van der Waals surface area (Å²) in [5, 5.41) is 11.3. The van der Waals surface area contributed by atoms with Gasteiger partial charge in [-0.15, -0.1) is 13.2 Å². The molecule has 1 aliphatic heterocycles. The van der Waals surface area contributed by atoms with Gasteiger partial charge < -0.3 is 24.1 Å². The molecule has 0 saturated carbocycles. The molecule has 3 aromatic rings. The standard InChI is InChI=1S/C27H22F3NO7/c1-35-17-9-7-15(8-10-17)23-22(24(32)20-12-11-18(36-2)14-21(20)37-3)25(33)26(34)31(23)16-5-4-6-19(13-16)38-27(28,29)30/h4-14,23,32H,1-3H3/b24-22-. The SMILES string of the molecule is COc1ccc(C2/C(=C(/O)c3ccc(OC)cc3OC)C(=O)C(=O)N2c2cccc(OC(F)(F)F)c2)cc1. The highest BCUT2D eigenvalue weighted by atomic mass is 19.4. The third kappa shape index (κ3) is 5.08. The Kier molecular flexibility index (Phi) is 7.20. The number of aliphatic hydroxyl groups excluding tert-OH is 1. The minimum absolute atomic E-state index is 0.0459. The maximum Gasteiger partial charge on any atom is 0.573 e. The summed E-state index contributed by atoms with van der Waals surface area (Å²) in [4.78, 5) is 27.6. The second-order valence-corrected chi connectivity index (χ2v) is 8.05. The van der Waals surface area contributed by atoms with Crippen molar-refractivity contribution in [2.24, 2.45) is 0 Å². The van der Waals surface area contributed by atoms with Crippen molar-refractivity contribution < 1.29 is 46.8 Å². The Bertz CT molecular complexity index is 1400. The van der Waals surface area contributed by atoms with Crippen molar-refractivity contribution in [3.63, 3.8) is 0 Å². The summed E-state index contributed by atoms with van der Waals surface area (Å²) in [7, 11) is 4.26. The fourth-order valence-electron chi connectivity index (χ4n) is 4.17. The lowest BCUT2D eigenvalue weighted by atomic mass is 9.94.